The van der Waals surface area contributed by atoms with E-state index >= 15 is 0 Å². The SMILES string of the molecule is Nc1cc([N+](=O)[O-])cc(C(=O)Nc2ccc3ncsc3c2)c1N1CCNCC1. The molecule has 3 aromatic rings. The Hall–Kier alpha value is -3.24. The topological polar surface area (TPSA) is 126 Å². The number of nitrogen functional groups attached to an aromatic ring is 1. The third-order valence-corrected chi connectivity index (χ3v) is 5.39. The molecule has 0 saturated carbocycles. The minimum absolute atomic E-state index is 0.193. The fourth-order valence-corrected chi connectivity index (χ4v) is 4.01. The van der Waals surface area contributed by atoms with Crippen LogP contribution in [0.3, 0.4) is 0 Å². The smallest absolute Gasteiger partial charge is 0.272 e. The third kappa shape index (κ3) is 3.47. The second-order valence-electron chi connectivity index (χ2n) is 6.41. The van der Waals surface area contributed by atoms with E-state index in [1.54, 1.807) is 11.6 Å². The highest BCUT2D eigenvalue weighted by molar-refractivity contribution is 7.16. The summed E-state index contributed by atoms with van der Waals surface area (Å²) in [6.45, 7) is 2.82. The second-order valence-corrected chi connectivity index (χ2v) is 7.30. The van der Waals surface area contributed by atoms with Gasteiger partial charge in [0, 0.05) is 44.0 Å². The summed E-state index contributed by atoms with van der Waals surface area (Å²) in [5, 5.41) is 17.4. The van der Waals surface area contributed by atoms with Crippen molar-refractivity contribution < 1.29 is 9.72 Å². The van der Waals surface area contributed by atoms with E-state index in [1.807, 2.05) is 17.0 Å². The number of benzene rings is 2. The van der Waals surface area contributed by atoms with Gasteiger partial charge in [-0.25, -0.2) is 4.98 Å². The van der Waals surface area contributed by atoms with E-state index in [-0.39, 0.29) is 16.9 Å². The van der Waals surface area contributed by atoms with Crippen LogP contribution in [0.4, 0.5) is 22.7 Å². The number of piperazine rings is 1. The lowest BCUT2D eigenvalue weighted by Crippen LogP contribution is -2.44. The predicted molar refractivity (Wildman–Crippen MR) is 110 cm³/mol. The van der Waals surface area contributed by atoms with Crippen LogP contribution in [-0.4, -0.2) is 42.0 Å². The lowest BCUT2D eigenvalue weighted by molar-refractivity contribution is -0.384. The van der Waals surface area contributed by atoms with Crippen molar-refractivity contribution in [3.8, 4) is 0 Å². The molecule has 0 spiro atoms. The van der Waals surface area contributed by atoms with Gasteiger partial charge in [0.1, 0.15) is 0 Å². The highest BCUT2D eigenvalue weighted by atomic mass is 32.1. The molecule has 10 heteroatoms. The quantitative estimate of drug-likeness (QED) is 0.350. The maximum atomic E-state index is 13.0. The van der Waals surface area contributed by atoms with Crippen LogP contribution in [0.1, 0.15) is 10.4 Å². The molecule has 0 atom stereocenters. The van der Waals surface area contributed by atoms with E-state index in [1.165, 1.54) is 23.5 Å². The van der Waals surface area contributed by atoms with Gasteiger partial charge in [-0.05, 0) is 18.2 Å². The first-order valence-electron chi connectivity index (χ1n) is 8.71. The number of nitrogens with two attached hydrogens (primary N) is 1. The Morgan fingerprint density at radius 1 is 1.29 bits per heavy atom. The standard InChI is InChI=1S/C18H18N6O3S/c19-14-9-12(24(26)27)8-13(17(14)23-5-3-20-4-6-23)18(25)22-11-1-2-15-16(7-11)28-10-21-15/h1-2,7-10,20H,3-6,19H2,(H,22,25). The zero-order chi connectivity index (χ0) is 19.7. The summed E-state index contributed by atoms with van der Waals surface area (Å²) in [6, 6.07) is 7.99. The number of nitrogens with zero attached hydrogens (tertiary/aromatic N) is 3. The van der Waals surface area contributed by atoms with Crippen LogP contribution >= 0.6 is 11.3 Å². The summed E-state index contributed by atoms with van der Waals surface area (Å²) >= 11 is 1.47. The number of rotatable bonds is 4. The number of hydrogen-bond donors (Lipinski definition) is 3. The molecular formula is C18H18N6O3S. The van der Waals surface area contributed by atoms with Gasteiger partial charge >= 0.3 is 0 Å². The van der Waals surface area contributed by atoms with Crippen LogP contribution in [0.15, 0.2) is 35.8 Å². The number of anilines is 3. The number of carbonyl (C=O) groups is 1. The average Bonchev–Trinajstić information content (AvgIpc) is 3.15. The Morgan fingerprint density at radius 3 is 2.82 bits per heavy atom. The molecule has 4 rings (SSSR count). The van der Waals surface area contributed by atoms with Crippen molar-refractivity contribution in [2.24, 2.45) is 0 Å². The van der Waals surface area contributed by atoms with Gasteiger partial charge in [0.15, 0.2) is 0 Å². The van der Waals surface area contributed by atoms with Crippen LogP contribution in [0.25, 0.3) is 10.2 Å². The number of fused-ring (bicyclic) bond motifs is 1. The van der Waals surface area contributed by atoms with Crippen molar-refractivity contribution in [2.75, 3.05) is 42.1 Å². The lowest BCUT2D eigenvalue weighted by Gasteiger charge is -2.31. The molecule has 4 N–H and O–H groups in total. The Labute approximate surface area is 164 Å². The Balaban J connectivity index is 1.72. The number of amides is 1. The molecular weight excluding hydrogens is 380 g/mol. The molecule has 1 aromatic heterocycles. The molecule has 1 fully saturated rings. The first-order chi connectivity index (χ1) is 13.5. The third-order valence-electron chi connectivity index (χ3n) is 4.60. The first-order valence-corrected chi connectivity index (χ1v) is 9.59. The largest absolute Gasteiger partial charge is 0.397 e. The number of nitrogens with one attached hydrogen (secondary N) is 2. The monoisotopic (exact) mass is 398 g/mol. The van der Waals surface area contributed by atoms with Gasteiger partial charge in [-0.3, -0.25) is 14.9 Å². The van der Waals surface area contributed by atoms with E-state index in [2.05, 4.69) is 15.6 Å². The number of nitro benzene ring substituents is 1. The number of hydrogen-bond acceptors (Lipinski definition) is 8. The predicted octanol–water partition coefficient (Wildman–Crippen LogP) is 2.45. The van der Waals surface area contributed by atoms with Gasteiger partial charge in [-0.1, -0.05) is 0 Å². The van der Waals surface area contributed by atoms with Gasteiger partial charge in [0.2, 0.25) is 0 Å². The maximum Gasteiger partial charge on any atom is 0.272 e. The van der Waals surface area contributed by atoms with Crippen LogP contribution in [0.5, 0.6) is 0 Å². The van der Waals surface area contributed by atoms with Crippen molar-refractivity contribution in [1.82, 2.24) is 10.3 Å². The Morgan fingerprint density at radius 2 is 2.07 bits per heavy atom. The average molecular weight is 398 g/mol. The van der Waals surface area contributed by atoms with E-state index in [0.717, 1.165) is 23.3 Å². The zero-order valence-electron chi connectivity index (χ0n) is 14.8. The van der Waals surface area contributed by atoms with E-state index < -0.39 is 10.8 Å². The highest BCUT2D eigenvalue weighted by Crippen LogP contribution is 2.34. The number of aromatic nitrogens is 1. The van der Waals surface area contributed by atoms with Crippen molar-refractivity contribution in [2.45, 2.75) is 0 Å². The van der Waals surface area contributed by atoms with Crippen LogP contribution in [-0.2, 0) is 0 Å². The van der Waals surface area contributed by atoms with Crippen molar-refractivity contribution >= 4 is 50.2 Å². The maximum absolute atomic E-state index is 13.0. The molecule has 1 aliphatic heterocycles. The number of non-ortho nitro benzene ring substituents is 1. The molecule has 0 aliphatic carbocycles. The highest BCUT2D eigenvalue weighted by Gasteiger charge is 2.25. The Bertz CT molecular complexity index is 1060. The molecule has 0 radical (unpaired) electrons. The van der Waals surface area contributed by atoms with Crippen LogP contribution in [0, 0.1) is 10.1 Å². The van der Waals surface area contributed by atoms with Crippen LogP contribution < -0.4 is 21.3 Å². The second kappa shape index (κ2) is 7.41. The Kier molecular flexibility index (Phi) is 4.80. The number of thiazole rings is 1. The van der Waals surface area contributed by atoms with Crippen molar-refractivity contribution in [3.63, 3.8) is 0 Å². The summed E-state index contributed by atoms with van der Waals surface area (Å²) < 4.78 is 0.943. The molecule has 2 heterocycles. The number of nitro groups is 1. The summed E-state index contributed by atoms with van der Waals surface area (Å²) in [5.41, 5.74) is 10.0. The molecule has 9 nitrogen and oxygen atoms in total. The molecule has 28 heavy (non-hydrogen) atoms. The van der Waals surface area contributed by atoms with Gasteiger partial charge in [0.25, 0.3) is 11.6 Å². The molecule has 1 saturated heterocycles. The summed E-state index contributed by atoms with van der Waals surface area (Å²) in [7, 11) is 0. The van der Waals surface area contributed by atoms with E-state index in [4.69, 9.17) is 5.73 Å². The van der Waals surface area contributed by atoms with E-state index in [9.17, 15) is 14.9 Å². The van der Waals surface area contributed by atoms with Gasteiger partial charge in [-0.2, -0.15) is 0 Å². The van der Waals surface area contributed by atoms with Gasteiger partial charge in [-0.15, -0.1) is 11.3 Å². The van der Waals surface area contributed by atoms with E-state index in [0.29, 0.717) is 24.5 Å². The molecule has 1 amide bonds. The fourth-order valence-electron chi connectivity index (χ4n) is 3.29. The fraction of sp³-hybridized carbons (Fsp3) is 0.222. The summed E-state index contributed by atoms with van der Waals surface area (Å²) in [6.07, 6.45) is 0. The number of carbonyl (C=O) groups excluding carboxylic acids is 1. The van der Waals surface area contributed by atoms with Crippen LogP contribution in [0.2, 0.25) is 0 Å². The van der Waals surface area contributed by atoms with Crippen molar-refractivity contribution in [1.29, 1.82) is 0 Å². The molecule has 144 valence electrons. The molecule has 0 bridgehead atoms. The zero-order valence-corrected chi connectivity index (χ0v) is 15.7. The lowest BCUT2D eigenvalue weighted by atomic mass is 10.1. The van der Waals surface area contributed by atoms with Crippen molar-refractivity contribution in [3.05, 3.63) is 51.5 Å². The summed E-state index contributed by atoms with van der Waals surface area (Å²) in [4.78, 5) is 30.0. The summed E-state index contributed by atoms with van der Waals surface area (Å²) in [5.74, 6) is -0.437. The van der Waals surface area contributed by atoms with Gasteiger partial charge < -0.3 is 21.3 Å². The molecule has 2 aromatic carbocycles. The minimum atomic E-state index is -0.544. The minimum Gasteiger partial charge on any atom is -0.397 e. The molecule has 0 unspecified atom stereocenters. The molecule has 1 aliphatic rings. The first kappa shape index (κ1) is 18.1. The van der Waals surface area contributed by atoms with Gasteiger partial charge in [0.05, 0.1) is 37.6 Å². The normalized spacial score (nSPS) is 14.2.